The Morgan fingerprint density at radius 3 is 2.88 bits per heavy atom. The second-order valence-electron chi connectivity index (χ2n) is 8.52. The van der Waals surface area contributed by atoms with Gasteiger partial charge in [-0.3, -0.25) is 0 Å². The number of carbonyl (C=O) groups is 1. The number of fused-ring (bicyclic) bond motifs is 2. The Labute approximate surface area is 148 Å². The van der Waals surface area contributed by atoms with Crippen LogP contribution in [0.15, 0.2) is 0 Å². The van der Waals surface area contributed by atoms with E-state index >= 15 is 0 Å². The molecule has 1 aromatic heterocycles. The fourth-order valence-electron chi connectivity index (χ4n) is 4.80. The number of piperidine rings is 1. The highest BCUT2D eigenvalue weighted by Gasteiger charge is 2.42. The lowest BCUT2D eigenvalue weighted by atomic mass is 9.76. The van der Waals surface area contributed by atoms with E-state index in [1.165, 1.54) is 5.56 Å². The van der Waals surface area contributed by atoms with Gasteiger partial charge in [0, 0.05) is 25.2 Å². The van der Waals surface area contributed by atoms with Gasteiger partial charge in [-0.05, 0) is 43.4 Å². The molecule has 25 heavy (non-hydrogen) atoms. The lowest BCUT2D eigenvalue weighted by Gasteiger charge is -2.34. The molecule has 2 aliphatic heterocycles. The van der Waals surface area contributed by atoms with Crippen LogP contribution in [0.25, 0.3) is 0 Å². The summed E-state index contributed by atoms with van der Waals surface area (Å²) in [6.07, 6.45) is 4.22. The predicted octanol–water partition coefficient (Wildman–Crippen LogP) is 2.15. The smallest absolute Gasteiger partial charge is 0.407 e. The Morgan fingerprint density at radius 1 is 1.32 bits per heavy atom. The Hall–Kier alpha value is -2.05. The van der Waals surface area contributed by atoms with Gasteiger partial charge in [0.25, 0.3) is 0 Å². The third-order valence-electron chi connectivity index (χ3n) is 6.11. The van der Waals surface area contributed by atoms with Crippen LogP contribution in [-0.2, 0) is 12.8 Å². The van der Waals surface area contributed by atoms with Crippen LogP contribution in [0.4, 0.5) is 16.6 Å². The van der Waals surface area contributed by atoms with Crippen molar-refractivity contribution in [2.75, 3.05) is 30.3 Å². The molecule has 0 bridgehead atoms. The number of carboxylic acid groups (broad SMARTS) is 1. The third kappa shape index (κ3) is 2.89. The Balaban J connectivity index is 1.65. The number of nitrogen functional groups attached to an aromatic ring is 1. The van der Waals surface area contributed by atoms with Gasteiger partial charge in [0.1, 0.15) is 5.82 Å². The van der Waals surface area contributed by atoms with E-state index in [0.717, 1.165) is 50.2 Å². The van der Waals surface area contributed by atoms with Crippen molar-refractivity contribution in [2.45, 2.75) is 52.0 Å². The minimum absolute atomic E-state index is 0.0677. The molecule has 4 rings (SSSR count). The van der Waals surface area contributed by atoms with Crippen molar-refractivity contribution >= 4 is 17.9 Å². The Morgan fingerprint density at radius 2 is 2.12 bits per heavy atom. The molecule has 1 amide bonds. The van der Waals surface area contributed by atoms with Gasteiger partial charge in [-0.1, -0.05) is 13.8 Å². The Bertz CT molecular complexity index is 705. The van der Waals surface area contributed by atoms with Gasteiger partial charge in [-0.2, -0.15) is 4.98 Å². The quantitative estimate of drug-likeness (QED) is 0.810. The van der Waals surface area contributed by atoms with Crippen LogP contribution < -0.4 is 10.6 Å². The summed E-state index contributed by atoms with van der Waals surface area (Å²) in [6.45, 7) is 6.75. The van der Waals surface area contributed by atoms with Crippen molar-refractivity contribution in [3.05, 3.63) is 11.3 Å². The second kappa shape index (κ2) is 5.75. The average Bonchev–Trinajstić information content (AvgIpc) is 2.96. The van der Waals surface area contributed by atoms with Gasteiger partial charge < -0.3 is 20.6 Å². The standard InChI is InChI=1S/C18H27N5O2/c1-18(2)6-5-12-13(8-18)20-16(19)21-15(12)22-9-11-4-3-7-23(17(24)25)14(11)10-22/h11,14H,3-10H2,1-2H3,(H,24,25)(H2,19,20,21). The van der Waals surface area contributed by atoms with Crippen molar-refractivity contribution in [3.8, 4) is 0 Å². The number of hydrogen-bond donors (Lipinski definition) is 2. The van der Waals surface area contributed by atoms with Crippen LogP contribution in [0.2, 0.25) is 0 Å². The van der Waals surface area contributed by atoms with Crippen LogP contribution in [0, 0.1) is 11.3 Å². The van der Waals surface area contributed by atoms with Gasteiger partial charge in [0.05, 0.1) is 11.7 Å². The minimum Gasteiger partial charge on any atom is -0.465 e. The molecule has 2 saturated heterocycles. The SMILES string of the molecule is CC1(C)CCc2c(nc(N)nc2N2CC3CCCN(C(=O)O)C3C2)C1. The molecule has 0 saturated carbocycles. The van der Waals surface area contributed by atoms with Crippen molar-refractivity contribution in [3.63, 3.8) is 0 Å². The summed E-state index contributed by atoms with van der Waals surface area (Å²) in [5.41, 5.74) is 8.54. The predicted molar refractivity (Wildman–Crippen MR) is 95.7 cm³/mol. The molecule has 0 aromatic carbocycles. The summed E-state index contributed by atoms with van der Waals surface area (Å²) in [5, 5.41) is 9.50. The van der Waals surface area contributed by atoms with Crippen molar-refractivity contribution in [2.24, 2.45) is 11.3 Å². The summed E-state index contributed by atoms with van der Waals surface area (Å²) in [7, 11) is 0. The zero-order valence-corrected chi connectivity index (χ0v) is 15.0. The first-order valence-corrected chi connectivity index (χ1v) is 9.24. The minimum atomic E-state index is -0.803. The molecular formula is C18H27N5O2. The van der Waals surface area contributed by atoms with Gasteiger partial charge in [0.2, 0.25) is 5.95 Å². The van der Waals surface area contributed by atoms with Crippen molar-refractivity contribution in [1.82, 2.24) is 14.9 Å². The number of rotatable bonds is 1. The van der Waals surface area contributed by atoms with E-state index in [1.54, 1.807) is 4.90 Å². The fourth-order valence-corrected chi connectivity index (χ4v) is 4.80. The van der Waals surface area contributed by atoms with Crippen molar-refractivity contribution < 1.29 is 9.90 Å². The van der Waals surface area contributed by atoms with E-state index in [0.29, 0.717) is 25.0 Å². The number of nitrogens with two attached hydrogens (primary N) is 1. The number of anilines is 2. The van der Waals surface area contributed by atoms with E-state index in [2.05, 4.69) is 28.7 Å². The molecule has 3 N–H and O–H groups in total. The maximum Gasteiger partial charge on any atom is 0.407 e. The Kier molecular flexibility index (Phi) is 3.77. The van der Waals surface area contributed by atoms with Crippen LogP contribution in [0.3, 0.4) is 0 Å². The zero-order chi connectivity index (χ0) is 17.8. The molecule has 1 aliphatic carbocycles. The number of nitrogens with zero attached hydrogens (tertiary/aromatic N) is 4. The molecule has 3 heterocycles. The number of aromatic nitrogens is 2. The molecule has 0 radical (unpaired) electrons. The maximum absolute atomic E-state index is 11.6. The molecule has 2 atom stereocenters. The van der Waals surface area contributed by atoms with Crippen LogP contribution >= 0.6 is 0 Å². The summed E-state index contributed by atoms with van der Waals surface area (Å²) in [5.74, 6) is 1.66. The first-order chi connectivity index (χ1) is 11.8. The summed E-state index contributed by atoms with van der Waals surface area (Å²) in [4.78, 5) is 24.5. The van der Waals surface area contributed by atoms with E-state index in [-0.39, 0.29) is 11.5 Å². The molecule has 0 spiro atoms. The molecule has 1 aromatic rings. The summed E-state index contributed by atoms with van der Waals surface area (Å²) >= 11 is 0. The van der Waals surface area contributed by atoms with Crippen LogP contribution in [-0.4, -0.2) is 51.7 Å². The second-order valence-corrected chi connectivity index (χ2v) is 8.52. The molecule has 7 heteroatoms. The molecule has 2 unspecified atom stereocenters. The lowest BCUT2D eigenvalue weighted by Crippen LogP contribution is -2.47. The van der Waals surface area contributed by atoms with Crippen LogP contribution in [0.1, 0.15) is 44.4 Å². The molecule has 136 valence electrons. The number of hydrogen-bond acceptors (Lipinski definition) is 5. The summed E-state index contributed by atoms with van der Waals surface area (Å²) in [6, 6.07) is 0.0677. The number of likely N-dealkylation sites (tertiary alicyclic amines) is 1. The van der Waals surface area contributed by atoms with Gasteiger partial charge >= 0.3 is 6.09 Å². The molecule has 3 aliphatic rings. The molecule has 2 fully saturated rings. The zero-order valence-electron chi connectivity index (χ0n) is 15.0. The normalized spacial score (nSPS) is 27.8. The highest BCUT2D eigenvalue weighted by molar-refractivity contribution is 5.66. The van der Waals surface area contributed by atoms with Gasteiger partial charge in [-0.15, -0.1) is 0 Å². The van der Waals surface area contributed by atoms with Crippen LogP contribution in [0.5, 0.6) is 0 Å². The van der Waals surface area contributed by atoms with Crippen molar-refractivity contribution in [1.29, 1.82) is 0 Å². The monoisotopic (exact) mass is 345 g/mol. The molecular weight excluding hydrogens is 318 g/mol. The van der Waals surface area contributed by atoms with E-state index in [9.17, 15) is 9.90 Å². The van der Waals surface area contributed by atoms with Gasteiger partial charge in [0.15, 0.2) is 0 Å². The topological polar surface area (TPSA) is 95.6 Å². The van der Waals surface area contributed by atoms with Gasteiger partial charge in [-0.25, -0.2) is 9.78 Å². The van der Waals surface area contributed by atoms with E-state index in [1.807, 2.05) is 0 Å². The first kappa shape index (κ1) is 16.4. The maximum atomic E-state index is 11.6. The fraction of sp³-hybridized carbons (Fsp3) is 0.722. The lowest BCUT2D eigenvalue weighted by molar-refractivity contribution is 0.0965. The largest absolute Gasteiger partial charge is 0.465 e. The highest BCUT2D eigenvalue weighted by atomic mass is 16.4. The average molecular weight is 345 g/mol. The highest BCUT2D eigenvalue weighted by Crippen LogP contribution is 2.40. The van der Waals surface area contributed by atoms with E-state index < -0.39 is 6.09 Å². The molecule has 7 nitrogen and oxygen atoms in total. The summed E-state index contributed by atoms with van der Waals surface area (Å²) < 4.78 is 0. The third-order valence-corrected chi connectivity index (χ3v) is 6.11. The number of amides is 1. The first-order valence-electron chi connectivity index (χ1n) is 9.24. The van der Waals surface area contributed by atoms with E-state index in [4.69, 9.17) is 5.73 Å².